The van der Waals surface area contributed by atoms with Gasteiger partial charge in [0, 0.05) is 29.9 Å². The van der Waals surface area contributed by atoms with E-state index in [4.69, 9.17) is 5.73 Å². The van der Waals surface area contributed by atoms with Crippen LogP contribution < -0.4 is 11.1 Å². The Balaban J connectivity index is 1.68. The Morgan fingerprint density at radius 1 is 1.37 bits per heavy atom. The van der Waals surface area contributed by atoms with E-state index in [-0.39, 0.29) is 16.9 Å². The van der Waals surface area contributed by atoms with Crippen LogP contribution in [-0.4, -0.2) is 26.9 Å². The van der Waals surface area contributed by atoms with E-state index in [2.05, 4.69) is 25.5 Å². The first-order valence-electron chi connectivity index (χ1n) is 8.46. The predicted octanol–water partition coefficient (Wildman–Crippen LogP) is 3.09. The Kier molecular flexibility index (Phi) is 4.15. The number of hydrogen-bond donors (Lipinski definition) is 3. The minimum atomic E-state index is -0.556. The van der Waals surface area contributed by atoms with Gasteiger partial charge in [0.2, 0.25) is 0 Å². The molecule has 3 aromatic rings. The van der Waals surface area contributed by atoms with Gasteiger partial charge >= 0.3 is 0 Å². The number of aryl methyl sites for hydroxylation is 1. The van der Waals surface area contributed by atoms with Gasteiger partial charge in [0.1, 0.15) is 23.0 Å². The van der Waals surface area contributed by atoms with Crippen molar-refractivity contribution in [3.8, 4) is 11.3 Å². The first kappa shape index (κ1) is 16.9. The van der Waals surface area contributed by atoms with E-state index in [0.717, 1.165) is 12.0 Å². The highest BCUT2D eigenvalue weighted by atomic mass is 19.1. The number of allylic oxidation sites excluding steroid dienone is 1. The lowest BCUT2D eigenvalue weighted by atomic mass is 10.0. The molecule has 1 amide bonds. The number of hydrogen-bond acceptors (Lipinski definition) is 5. The van der Waals surface area contributed by atoms with Gasteiger partial charge < -0.3 is 11.1 Å². The number of anilines is 1. The lowest BCUT2D eigenvalue weighted by molar-refractivity contribution is 0.0976. The molecule has 2 aromatic heterocycles. The molecule has 136 valence electrons. The summed E-state index contributed by atoms with van der Waals surface area (Å²) in [7, 11) is 0. The van der Waals surface area contributed by atoms with Crippen LogP contribution in [0.3, 0.4) is 0 Å². The van der Waals surface area contributed by atoms with E-state index in [1.165, 1.54) is 12.1 Å². The van der Waals surface area contributed by atoms with Crippen LogP contribution in [-0.2, 0) is 0 Å². The van der Waals surface area contributed by atoms with Crippen molar-refractivity contribution in [2.24, 2.45) is 4.99 Å². The number of nitrogens with two attached hydrogens (primary N) is 1. The van der Waals surface area contributed by atoms with Crippen LogP contribution in [0.2, 0.25) is 0 Å². The quantitative estimate of drug-likeness (QED) is 0.649. The van der Waals surface area contributed by atoms with Gasteiger partial charge in [-0.3, -0.25) is 9.89 Å². The summed E-state index contributed by atoms with van der Waals surface area (Å²) >= 11 is 0. The number of halogens is 1. The summed E-state index contributed by atoms with van der Waals surface area (Å²) in [6.07, 6.45) is 6.64. The third-order valence-electron chi connectivity index (χ3n) is 4.44. The van der Waals surface area contributed by atoms with Gasteiger partial charge in [-0.1, -0.05) is 6.08 Å². The number of nitrogens with one attached hydrogen (secondary N) is 2. The summed E-state index contributed by atoms with van der Waals surface area (Å²) in [4.78, 5) is 20.6. The van der Waals surface area contributed by atoms with Crippen LogP contribution in [0.25, 0.3) is 22.2 Å². The van der Waals surface area contributed by atoms with Gasteiger partial charge in [0.25, 0.3) is 5.91 Å². The van der Waals surface area contributed by atoms with Crippen molar-refractivity contribution in [1.29, 1.82) is 0 Å². The standard InChI is InChI=1S/C19H17FN6O/c1-10-9-23-18(21)15-16(10)25-26-17(15)12-6-5-11(8-13(12)20)19(27)24-14-4-2-3-7-22-14/h3,5-9H,2,4H2,1H3,(H2,21,23)(H,25,26)(H,22,24,27). The first-order valence-corrected chi connectivity index (χ1v) is 8.46. The lowest BCUT2D eigenvalue weighted by Crippen LogP contribution is -2.30. The average molecular weight is 364 g/mol. The van der Waals surface area contributed by atoms with Gasteiger partial charge in [-0.05, 0) is 37.1 Å². The second-order valence-electron chi connectivity index (χ2n) is 6.30. The number of aromatic amines is 1. The summed E-state index contributed by atoms with van der Waals surface area (Å²) in [5.41, 5.74) is 8.35. The molecule has 4 rings (SSSR count). The SMILES string of the molecule is Cc1cnc(N)c2c(-c3ccc(C(=O)NC4=NC=CCC4)cc3F)[nH]nc12. The summed E-state index contributed by atoms with van der Waals surface area (Å²) in [5.74, 6) is -0.120. The molecule has 0 spiro atoms. The van der Waals surface area contributed by atoms with E-state index >= 15 is 0 Å². The van der Waals surface area contributed by atoms with E-state index < -0.39 is 11.7 Å². The highest BCUT2D eigenvalue weighted by Gasteiger charge is 2.18. The summed E-state index contributed by atoms with van der Waals surface area (Å²) in [6, 6.07) is 4.27. The zero-order valence-corrected chi connectivity index (χ0v) is 14.6. The Morgan fingerprint density at radius 2 is 2.22 bits per heavy atom. The molecule has 0 saturated carbocycles. The van der Waals surface area contributed by atoms with E-state index in [0.29, 0.717) is 28.9 Å². The molecular formula is C19H17FN6O. The Morgan fingerprint density at radius 3 is 2.96 bits per heavy atom. The maximum Gasteiger partial charge on any atom is 0.256 e. The van der Waals surface area contributed by atoms with Crippen molar-refractivity contribution in [3.63, 3.8) is 0 Å². The first-order chi connectivity index (χ1) is 13.0. The number of carbonyl (C=O) groups is 1. The monoisotopic (exact) mass is 364 g/mol. The van der Waals surface area contributed by atoms with E-state index in [1.54, 1.807) is 18.5 Å². The molecule has 0 atom stereocenters. The fourth-order valence-electron chi connectivity index (χ4n) is 3.02. The maximum absolute atomic E-state index is 14.8. The number of nitrogens with zero attached hydrogens (tertiary/aromatic N) is 3. The van der Waals surface area contributed by atoms with Gasteiger partial charge in [-0.15, -0.1) is 0 Å². The summed E-state index contributed by atoms with van der Waals surface area (Å²) in [6.45, 7) is 1.85. The van der Waals surface area contributed by atoms with Crippen molar-refractivity contribution < 1.29 is 9.18 Å². The number of aliphatic imine (C=N–C) groups is 1. The van der Waals surface area contributed by atoms with Crippen molar-refractivity contribution >= 4 is 28.5 Å². The minimum Gasteiger partial charge on any atom is -0.383 e. The van der Waals surface area contributed by atoms with Gasteiger partial charge in [0.15, 0.2) is 0 Å². The van der Waals surface area contributed by atoms with Crippen LogP contribution in [0.5, 0.6) is 0 Å². The highest BCUT2D eigenvalue weighted by Crippen LogP contribution is 2.32. The van der Waals surface area contributed by atoms with Crippen LogP contribution in [0.4, 0.5) is 10.2 Å². The normalized spacial score (nSPS) is 13.6. The van der Waals surface area contributed by atoms with Crippen molar-refractivity contribution in [1.82, 2.24) is 20.5 Å². The predicted molar refractivity (Wildman–Crippen MR) is 102 cm³/mol. The summed E-state index contributed by atoms with van der Waals surface area (Å²) < 4.78 is 14.8. The molecule has 3 heterocycles. The van der Waals surface area contributed by atoms with Crippen LogP contribution in [0.1, 0.15) is 28.8 Å². The number of fused-ring (bicyclic) bond motifs is 1. The molecule has 0 unspecified atom stereocenters. The second-order valence-corrected chi connectivity index (χ2v) is 6.30. The molecule has 1 aliphatic heterocycles. The molecule has 1 aliphatic rings. The van der Waals surface area contributed by atoms with Crippen molar-refractivity contribution in [2.75, 3.05) is 5.73 Å². The number of H-pyrrole nitrogens is 1. The molecule has 0 bridgehead atoms. The zero-order valence-electron chi connectivity index (χ0n) is 14.6. The smallest absolute Gasteiger partial charge is 0.256 e. The van der Waals surface area contributed by atoms with Crippen molar-refractivity contribution in [3.05, 3.63) is 53.6 Å². The molecule has 0 fully saturated rings. The fraction of sp³-hybridized carbons (Fsp3) is 0.158. The largest absolute Gasteiger partial charge is 0.383 e. The molecule has 1 aromatic carbocycles. The molecule has 7 nitrogen and oxygen atoms in total. The molecule has 27 heavy (non-hydrogen) atoms. The van der Waals surface area contributed by atoms with Gasteiger partial charge in [-0.2, -0.15) is 5.10 Å². The van der Waals surface area contributed by atoms with Crippen LogP contribution in [0, 0.1) is 12.7 Å². The molecule has 0 aliphatic carbocycles. The minimum absolute atomic E-state index is 0.208. The molecule has 4 N–H and O–H groups in total. The third-order valence-corrected chi connectivity index (χ3v) is 4.44. The van der Waals surface area contributed by atoms with Crippen molar-refractivity contribution in [2.45, 2.75) is 19.8 Å². The maximum atomic E-state index is 14.8. The van der Waals surface area contributed by atoms with Crippen LogP contribution >= 0.6 is 0 Å². The Bertz CT molecular complexity index is 1110. The molecule has 0 saturated heterocycles. The number of amides is 1. The van der Waals surface area contributed by atoms with Gasteiger partial charge in [0.05, 0.1) is 11.1 Å². The molecule has 0 radical (unpaired) electrons. The van der Waals surface area contributed by atoms with Crippen LogP contribution in [0.15, 0.2) is 41.7 Å². The summed E-state index contributed by atoms with van der Waals surface area (Å²) in [5, 5.41) is 10.3. The third kappa shape index (κ3) is 3.05. The number of carbonyl (C=O) groups excluding carboxylic acids is 1. The van der Waals surface area contributed by atoms with E-state index in [1.807, 2.05) is 13.0 Å². The number of benzene rings is 1. The van der Waals surface area contributed by atoms with Gasteiger partial charge in [-0.25, -0.2) is 14.4 Å². The molecular weight excluding hydrogens is 347 g/mol. The van der Waals surface area contributed by atoms with E-state index in [9.17, 15) is 9.18 Å². The lowest BCUT2D eigenvalue weighted by Gasteiger charge is -2.10. The number of amidine groups is 1. The number of aromatic nitrogens is 3. The number of pyridine rings is 1. The second kappa shape index (κ2) is 6.64. The number of rotatable bonds is 2. The Hall–Kier alpha value is -3.55. The average Bonchev–Trinajstić information content (AvgIpc) is 3.11. The molecule has 8 heteroatoms. The Labute approximate surface area is 154 Å². The topological polar surface area (TPSA) is 109 Å². The zero-order chi connectivity index (χ0) is 19.0. The highest BCUT2D eigenvalue weighted by molar-refractivity contribution is 6.07. The number of nitrogen functional groups attached to an aromatic ring is 1. The fourth-order valence-corrected chi connectivity index (χ4v) is 3.02.